The summed E-state index contributed by atoms with van der Waals surface area (Å²) in [5.74, 6) is -1.96. The first-order chi connectivity index (χ1) is 10.9. The minimum Gasteiger partial charge on any atom is -0.368 e. The summed E-state index contributed by atoms with van der Waals surface area (Å²) in [5.41, 5.74) is 6.07. The molecule has 0 aromatic heterocycles. The van der Waals surface area contributed by atoms with Gasteiger partial charge in [-0.2, -0.15) is 0 Å². The third kappa shape index (κ3) is 5.15. The Balaban J connectivity index is 2.12. The van der Waals surface area contributed by atoms with E-state index in [-0.39, 0.29) is 12.0 Å². The smallest absolute Gasteiger partial charge is 0.235 e. The van der Waals surface area contributed by atoms with Crippen LogP contribution in [-0.2, 0) is 27.0 Å². The van der Waals surface area contributed by atoms with Crippen molar-refractivity contribution in [3.05, 3.63) is 71.5 Å². The minimum absolute atomic E-state index is 0.0305. The van der Waals surface area contributed by atoms with Crippen LogP contribution >= 0.6 is 0 Å². The first kappa shape index (κ1) is 17.1. The van der Waals surface area contributed by atoms with Crippen LogP contribution in [0.1, 0.15) is 11.1 Å². The van der Waals surface area contributed by atoms with Crippen molar-refractivity contribution in [3.8, 4) is 0 Å². The number of nitrogens with two attached hydrogens (primary N) is 1. The number of rotatable bonds is 7. The fourth-order valence-electron chi connectivity index (χ4n) is 2.13. The lowest BCUT2D eigenvalue weighted by molar-refractivity contribution is -0.119. The van der Waals surface area contributed by atoms with Crippen LogP contribution in [0.2, 0.25) is 0 Å². The molecule has 0 aliphatic heterocycles. The maximum absolute atomic E-state index is 13.6. The molecule has 2 aromatic carbocycles. The molecule has 0 spiro atoms. The second kappa shape index (κ2) is 7.34. The third-order valence-corrected chi connectivity index (χ3v) is 4.59. The maximum Gasteiger partial charge on any atom is 0.235 e. The van der Waals surface area contributed by atoms with E-state index >= 15 is 0 Å². The fraction of sp³-hybridized carbons (Fsp3) is 0.188. The van der Waals surface area contributed by atoms with Gasteiger partial charge in [-0.1, -0.05) is 48.5 Å². The number of benzene rings is 2. The Labute approximate surface area is 134 Å². The molecule has 0 saturated carbocycles. The van der Waals surface area contributed by atoms with Crippen LogP contribution < -0.4 is 10.5 Å². The monoisotopic (exact) mass is 336 g/mol. The number of nitrogens with one attached hydrogen (secondary N) is 1. The van der Waals surface area contributed by atoms with Crippen molar-refractivity contribution in [2.75, 3.05) is 0 Å². The van der Waals surface area contributed by atoms with Crippen LogP contribution in [0.25, 0.3) is 0 Å². The quantitative estimate of drug-likeness (QED) is 0.799. The molecule has 1 amide bonds. The summed E-state index contributed by atoms with van der Waals surface area (Å²) < 4.78 is 40.2. The van der Waals surface area contributed by atoms with E-state index < -0.39 is 33.5 Å². The molecule has 0 saturated heterocycles. The molecule has 7 heteroatoms. The van der Waals surface area contributed by atoms with Crippen LogP contribution in [0.4, 0.5) is 4.39 Å². The van der Waals surface area contributed by atoms with Gasteiger partial charge in [0.15, 0.2) is 0 Å². The highest BCUT2D eigenvalue weighted by molar-refractivity contribution is 7.88. The Hall–Kier alpha value is -2.25. The minimum atomic E-state index is -3.91. The van der Waals surface area contributed by atoms with Gasteiger partial charge in [0.2, 0.25) is 15.9 Å². The van der Waals surface area contributed by atoms with E-state index in [4.69, 9.17) is 5.73 Å². The molecule has 0 fully saturated rings. The van der Waals surface area contributed by atoms with Crippen molar-refractivity contribution in [3.63, 3.8) is 0 Å². The molecule has 23 heavy (non-hydrogen) atoms. The van der Waals surface area contributed by atoms with Crippen molar-refractivity contribution in [1.82, 2.24) is 4.72 Å². The van der Waals surface area contributed by atoms with E-state index in [0.29, 0.717) is 0 Å². The lowest BCUT2D eigenvalue weighted by atomic mass is 10.1. The van der Waals surface area contributed by atoms with Crippen LogP contribution in [0.3, 0.4) is 0 Å². The summed E-state index contributed by atoms with van der Waals surface area (Å²) in [7, 11) is -3.91. The van der Waals surface area contributed by atoms with Crippen molar-refractivity contribution < 1.29 is 17.6 Å². The van der Waals surface area contributed by atoms with E-state index in [1.54, 1.807) is 30.3 Å². The van der Waals surface area contributed by atoms with Gasteiger partial charge in [-0.05, 0) is 18.1 Å². The summed E-state index contributed by atoms with van der Waals surface area (Å²) in [6.45, 7) is 0. The van der Waals surface area contributed by atoms with Gasteiger partial charge in [0, 0.05) is 5.56 Å². The lowest BCUT2D eigenvalue weighted by Gasteiger charge is -2.16. The van der Waals surface area contributed by atoms with E-state index in [2.05, 4.69) is 4.72 Å². The third-order valence-electron chi connectivity index (χ3n) is 3.25. The standard InChI is InChI=1S/C16H17FN2O3S/c17-14-9-5-4-8-13(14)11-23(21,22)19-15(16(18)20)10-12-6-2-1-3-7-12/h1-9,15,19H,10-11H2,(H2,18,20)/t15-/m1/s1. The molecule has 0 radical (unpaired) electrons. The summed E-state index contributed by atoms with van der Waals surface area (Å²) in [6.07, 6.45) is 0.132. The Morgan fingerprint density at radius 1 is 1.09 bits per heavy atom. The second-order valence-corrected chi connectivity index (χ2v) is 6.87. The molecule has 0 unspecified atom stereocenters. The van der Waals surface area contributed by atoms with Gasteiger partial charge in [0.05, 0.1) is 5.75 Å². The number of carbonyl (C=O) groups excluding carboxylic acids is 1. The van der Waals surface area contributed by atoms with Crippen molar-refractivity contribution in [2.45, 2.75) is 18.2 Å². The van der Waals surface area contributed by atoms with Gasteiger partial charge < -0.3 is 5.73 Å². The molecule has 5 nitrogen and oxygen atoms in total. The van der Waals surface area contributed by atoms with Crippen molar-refractivity contribution in [2.24, 2.45) is 5.73 Å². The largest absolute Gasteiger partial charge is 0.368 e. The summed E-state index contributed by atoms with van der Waals surface area (Å²) in [4.78, 5) is 11.5. The van der Waals surface area contributed by atoms with Crippen molar-refractivity contribution >= 4 is 15.9 Å². The Morgan fingerprint density at radius 2 is 1.70 bits per heavy atom. The van der Waals surface area contributed by atoms with Gasteiger partial charge in [0.1, 0.15) is 11.9 Å². The van der Waals surface area contributed by atoms with Crippen LogP contribution in [-0.4, -0.2) is 20.4 Å². The first-order valence-electron chi connectivity index (χ1n) is 6.94. The number of sulfonamides is 1. The number of carbonyl (C=O) groups is 1. The van der Waals surface area contributed by atoms with Gasteiger partial charge in [0.25, 0.3) is 0 Å². The lowest BCUT2D eigenvalue weighted by Crippen LogP contribution is -2.46. The van der Waals surface area contributed by atoms with Gasteiger partial charge >= 0.3 is 0 Å². The number of halogens is 1. The number of hydrogen-bond donors (Lipinski definition) is 2. The van der Waals surface area contributed by atoms with E-state index in [0.717, 1.165) is 5.56 Å². The predicted molar refractivity (Wildman–Crippen MR) is 85.3 cm³/mol. The second-order valence-electron chi connectivity index (χ2n) is 5.11. The maximum atomic E-state index is 13.6. The van der Waals surface area contributed by atoms with E-state index in [9.17, 15) is 17.6 Å². The van der Waals surface area contributed by atoms with Gasteiger partial charge in [-0.3, -0.25) is 4.79 Å². The Bertz CT molecular complexity index is 779. The Morgan fingerprint density at radius 3 is 2.30 bits per heavy atom. The number of primary amides is 1. The molecule has 0 bridgehead atoms. The molecule has 0 heterocycles. The first-order valence-corrected chi connectivity index (χ1v) is 8.59. The molecule has 122 valence electrons. The number of amides is 1. The zero-order valence-corrected chi connectivity index (χ0v) is 13.1. The van der Waals surface area contributed by atoms with Crippen LogP contribution in [0, 0.1) is 5.82 Å². The molecule has 0 aliphatic rings. The zero-order valence-electron chi connectivity index (χ0n) is 12.3. The van der Waals surface area contributed by atoms with Gasteiger partial charge in [-0.25, -0.2) is 17.5 Å². The molecule has 2 aromatic rings. The van der Waals surface area contributed by atoms with E-state index in [1.165, 1.54) is 18.2 Å². The van der Waals surface area contributed by atoms with Crippen LogP contribution in [0.15, 0.2) is 54.6 Å². The molecular formula is C16H17FN2O3S. The topological polar surface area (TPSA) is 89.3 Å². The van der Waals surface area contributed by atoms with Crippen LogP contribution in [0.5, 0.6) is 0 Å². The highest BCUT2D eigenvalue weighted by Crippen LogP contribution is 2.11. The molecule has 2 rings (SSSR count). The highest BCUT2D eigenvalue weighted by Gasteiger charge is 2.23. The molecule has 3 N–H and O–H groups in total. The fourth-order valence-corrected chi connectivity index (χ4v) is 3.49. The summed E-state index contributed by atoms with van der Waals surface area (Å²) in [6, 6.07) is 13.4. The van der Waals surface area contributed by atoms with E-state index in [1.807, 2.05) is 6.07 Å². The SMILES string of the molecule is NC(=O)[C@@H](Cc1ccccc1)NS(=O)(=O)Cc1ccccc1F. The summed E-state index contributed by atoms with van der Waals surface area (Å²) >= 11 is 0. The average Bonchev–Trinajstić information content (AvgIpc) is 2.49. The van der Waals surface area contributed by atoms with Crippen molar-refractivity contribution in [1.29, 1.82) is 0 Å². The molecule has 1 atom stereocenters. The molecule has 0 aliphatic carbocycles. The number of hydrogen-bond acceptors (Lipinski definition) is 3. The highest BCUT2D eigenvalue weighted by atomic mass is 32.2. The van der Waals surface area contributed by atoms with Gasteiger partial charge in [-0.15, -0.1) is 0 Å². The summed E-state index contributed by atoms with van der Waals surface area (Å²) in [5, 5.41) is 0. The normalized spacial score (nSPS) is 12.7. The predicted octanol–water partition coefficient (Wildman–Crippen LogP) is 1.34. The molecular weight excluding hydrogens is 319 g/mol. The zero-order chi connectivity index (χ0) is 16.9. The Kier molecular flexibility index (Phi) is 5.46. The average molecular weight is 336 g/mol.